The van der Waals surface area contributed by atoms with Crippen LogP contribution < -0.4 is 11.1 Å². The summed E-state index contributed by atoms with van der Waals surface area (Å²) in [7, 11) is 0. The van der Waals surface area contributed by atoms with E-state index in [9.17, 15) is 0 Å². The number of nitrogens with zero attached hydrogens (tertiary/aromatic N) is 2. The molecule has 0 aliphatic rings. The molecule has 3 N–H and O–H groups in total. The molecule has 100 valence electrons. The van der Waals surface area contributed by atoms with Crippen LogP contribution in [0.15, 0.2) is 48.7 Å². The Morgan fingerprint density at radius 3 is 2.70 bits per heavy atom. The quantitative estimate of drug-likeness (QED) is 0.723. The summed E-state index contributed by atoms with van der Waals surface area (Å²) in [5.41, 5.74) is 9.04. The van der Waals surface area contributed by atoms with Crippen LogP contribution in [0.3, 0.4) is 0 Å². The first-order valence-corrected chi connectivity index (χ1v) is 6.61. The number of hydrogen-bond acceptors (Lipinski definition) is 4. The van der Waals surface area contributed by atoms with Crippen molar-refractivity contribution >= 4 is 33.9 Å². The second kappa shape index (κ2) is 5.35. The number of benzene rings is 1. The molecule has 2 heterocycles. The highest BCUT2D eigenvalue weighted by Gasteiger charge is 2.10. The first-order chi connectivity index (χ1) is 9.75. The summed E-state index contributed by atoms with van der Waals surface area (Å²) in [6, 6.07) is 13.5. The summed E-state index contributed by atoms with van der Waals surface area (Å²) in [5, 5.41) is 4.56. The van der Waals surface area contributed by atoms with Crippen LogP contribution in [0.25, 0.3) is 10.9 Å². The van der Waals surface area contributed by atoms with Crippen molar-refractivity contribution in [3.05, 3.63) is 59.5 Å². The van der Waals surface area contributed by atoms with Crippen LogP contribution in [-0.4, -0.2) is 9.97 Å². The molecule has 3 rings (SSSR count). The average Bonchev–Trinajstić information content (AvgIpc) is 2.49. The van der Waals surface area contributed by atoms with Crippen LogP contribution in [0.2, 0.25) is 5.15 Å². The zero-order valence-corrected chi connectivity index (χ0v) is 11.4. The van der Waals surface area contributed by atoms with Gasteiger partial charge in [-0.05, 0) is 18.2 Å². The molecule has 2 aromatic heterocycles. The maximum absolute atomic E-state index is 6.08. The number of nitrogen functional groups attached to an aromatic ring is 1. The van der Waals surface area contributed by atoms with Crippen LogP contribution in [0.4, 0.5) is 11.4 Å². The molecule has 3 aromatic rings. The molecule has 0 fully saturated rings. The highest BCUT2D eigenvalue weighted by Crippen LogP contribution is 2.33. The summed E-state index contributed by atoms with van der Waals surface area (Å²) in [6.07, 6.45) is 1.76. The normalized spacial score (nSPS) is 10.7. The molecular weight excluding hydrogens is 272 g/mol. The zero-order valence-electron chi connectivity index (χ0n) is 10.7. The van der Waals surface area contributed by atoms with Crippen molar-refractivity contribution in [2.75, 3.05) is 11.1 Å². The molecule has 5 heteroatoms. The predicted octanol–water partition coefficient (Wildman–Crippen LogP) is 3.48. The lowest BCUT2D eigenvalue weighted by Crippen LogP contribution is -2.05. The van der Waals surface area contributed by atoms with Gasteiger partial charge in [-0.2, -0.15) is 0 Å². The van der Waals surface area contributed by atoms with Crippen LogP contribution in [0, 0.1) is 0 Å². The molecule has 20 heavy (non-hydrogen) atoms. The molecule has 0 aliphatic heterocycles. The zero-order chi connectivity index (χ0) is 13.9. The van der Waals surface area contributed by atoms with Gasteiger partial charge in [0.15, 0.2) is 5.15 Å². The lowest BCUT2D eigenvalue weighted by molar-refractivity contribution is 1.05. The second-order valence-corrected chi connectivity index (χ2v) is 4.74. The van der Waals surface area contributed by atoms with E-state index < -0.39 is 0 Å². The lowest BCUT2D eigenvalue weighted by Gasteiger charge is -2.13. The van der Waals surface area contributed by atoms with Gasteiger partial charge in [-0.15, -0.1) is 0 Å². The number of halogens is 1. The number of anilines is 2. The van der Waals surface area contributed by atoms with E-state index in [1.807, 2.05) is 42.5 Å². The third kappa shape index (κ3) is 2.38. The van der Waals surface area contributed by atoms with Gasteiger partial charge in [0.2, 0.25) is 0 Å². The maximum atomic E-state index is 6.08. The Hall–Kier alpha value is -2.33. The predicted molar refractivity (Wildman–Crippen MR) is 82.7 cm³/mol. The van der Waals surface area contributed by atoms with E-state index in [0.717, 1.165) is 22.3 Å². The maximum Gasteiger partial charge on any atom is 0.154 e. The smallest absolute Gasteiger partial charge is 0.154 e. The van der Waals surface area contributed by atoms with Crippen molar-refractivity contribution in [2.24, 2.45) is 0 Å². The summed E-state index contributed by atoms with van der Waals surface area (Å²) < 4.78 is 0. The Balaban J connectivity index is 2.00. The number of pyridine rings is 2. The second-order valence-electron chi connectivity index (χ2n) is 4.38. The number of hydrogen-bond donors (Lipinski definition) is 2. The van der Waals surface area contributed by atoms with Gasteiger partial charge in [-0.3, -0.25) is 4.98 Å². The Bertz CT molecular complexity index is 743. The first-order valence-electron chi connectivity index (χ1n) is 6.23. The van der Waals surface area contributed by atoms with E-state index in [4.69, 9.17) is 17.3 Å². The van der Waals surface area contributed by atoms with E-state index >= 15 is 0 Å². The van der Waals surface area contributed by atoms with Crippen molar-refractivity contribution < 1.29 is 0 Å². The Labute approximate surface area is 121 Å². The van der Waals surface area contributed by atoms with E-state index in [0.29, 0.717) is 17.4 Å². The van der Waals surface area contributed by atoms with E-state index in [2.05, 4.69) is 15.3 Å². The highest BCUT2D eigenvalue weighted by atomic mass is 35.5. The van der Waals surface area contributed by atoms with Crippen molar-refractivity contribution in [1.82, 2.24) is 9.97 Å². The van der Waals surface area contributed by atoms with Gasteiger partial charge in [0.1, 0.15) is 0 Å². The SMILES string of the molecule is Nc1c(Cl)nc2ccccc2c1NCc1ccccn1. The van der Waals surface area contributed by atoms with Gasteiger partial charge in [-0.1, -0.05) is 35.9 Å². The minimum absolute atomic E-state index is 0.312. The minimum Gasteiger partial charge on any atom is -0.395 e. The van der Waals surface area contributed by atoms with E-state index in [1.165, 1.54) is 0 Å². The summed E-state index contributed by atoms with van der Waals surface area (Å²) in [5.74, 6) is 0. The molecule has 0 saturated carbocycles. The number of nitrogens with one attached hydrogen (secondary N) is 1. The van der Waals surface area contributed by atoms with Crippen LogP contribution >= 0.6 is 11.6 Å². The van der Waals surface area contributed by atoms with Crippen molar-refractivity contribution in [3.8, 4) is 0 Å². The van der Waals surface area contributed by atoms with Gasteiger partial charge >= 0.3 is 0 Å². The fourth-order valence-corrected chi connectivity index (χ4v) is 2.25. The Kier molecular flexibility index (Phi) is 3.39. The van der Waals surface area contributed by atoms with Crippen molar-refractivity contribution in [2.45, 2.75) is 6.54 Å². The number of rotatable bonds is 3. The summed E-state index contributed by atoms with van der Waals surface area (Å²) >= 11 is 6.08. The Morgan fingerprint density at radius 1 is 1.10 bits per heavy atom. The first kappa shape index (κ1) is 12.7. The Morgan fingerprint density at radius 2 is 1.90 bits per heavy atom. The molecule has 4 nitrogen and oxygen atoms in total. The largest absolute Gasteiger partial charge is 0.395 e. The van der Waals surface area contributed by atoms with Crippen LogP contribution in [0.1, 0.15) is 5.69 Å². The minimum atomic E-state index is 0.312. The highest BCUT2D eigenvalue weighted by molar-refractivity contribution is 6.33. The molecule has 0 saturated heterocycles. The van der Waals surface area contributed by atoms with Crippen molar-refractivity contribution in [1.29, 1.82) is 0 Å². The fourth-order valence-electron chi connectivity index (χ4n) is 2.07. The number of para-hydroxylation sites is 1. The van der Waals surface area contributed by atoms with E-state index in [-0.39, 0.29) is 0 Å². The average molecular weight is 285 g/mol. The van der Waals surface area contributed by atoms with Gasteiger partial charge in [0.25, 0.3) is 0 Å². The summed E-state index contributed by atoms with van der Waals surface area (Å²) in [4.78, 5) is 8.55. The molecule has 0 aliphatic carbocycles. The summed E-state index contributed by atoms with van der Waals surface area (Å²) in [6.45, 7) is 0.579. The van der Waals surface area contributed by atoms with Gasteiger partial charge < -0.3 is 11.1 Å². The van der Waals surface area contributed by atoms with E-state index in [1.54, 1.807) is 6.20 Å². The molecule has 0 unspecified atom stereocenters. The monoisotopic (exact) mass is 284 g/mol. The number of nitrogens with two attached hydrogens (primary N) is 1. The van der Waals surface area contributed by atoms with Gasteiger partial charge in [-0.25, -0.2) is 4.98 Å². The molecule has 0 radical (unpaired) electrons. The topological polar surface area (TPSA) is 63.8 Å². The molecule has 1 aromatic carbocycles. The molecule has 0 bridgehead atoms. The molecule has 0 spiro atoms. The molecule has 0 amide bonds. The van der Waals surface area contributed by atoms with Crippen LogP contribution in [-0.2, 0) is 6.54 Å². The van der Waals surface area contributed by atoms with Gasteiger partial charge in [0, 0.05) is 11.6 Å². The van der Waals surface area contributed by atoms with Crippen LogP contribution in [0.5, 0.6) is 0 Å². The number of aromatic nitrogens is 2. The van der Waals surface area contributed by atoms with Gasteiger partial charge in [0.05, 0.1) is 29.1 Å². The molecule has 0 atom stereocenters. The standard InChI is InChI=1S/C15H13ClN4/c16-15-13(17)14(11-6-1-2-7-12(11)20-15)19-9-10-5-3-4-8-18-10/h1-8H,9,17H2,(H,19,20). The third-order valence-corrected chi connectivity index (χ3v) is 3.34. The number of fused-ring (bicyclic) bond motifs is 1. The lowest BCUT2D eigenvalue weighted by atomic mass is 10.1. The third-order valence-electron chi connectivity index (χ3n) is 3.06. The fraction of sp³-hybridized carbons (Fsp3) is 0.0667. The van der Waals surface area contributed by atoms with Crippen molar-refractivity contribution in [3.63, 3.8) is 0 Å². The molecular formula is C15H13ClN4.